The Hall–Kier alpha value is -2.09. The van der Waals surface area contributed by atoms with E-state index in [1.165, 1.54) is 16.8 Å². The van der Waals surface area contributed by atoms with E-state index in [-0.39, 0.29) is 25.5 Å². The predicted octanol–water partition coefficient (Wildman–Crippen LogP) is -0.214. The number of nitrogens with two attached hydrogens (primary N) is 1. The fraction of sp³-hybridized carbons (Fsp3) is 0.556. The molecule has 1 aromatic rings. The molecule has 0 aliphatic carbocycles. The highest BCUT2D eigenvalue weighted by Gasteiger charge is 2.40. The molecule has 9 heteroatoms. The number of ether oxygens (including phenoxy) is 1. The Balaban J connectivity index is 2.28. The number of rotatable bonds is 3. The maximum atomic E-state index is 11.6. The van der Waals surface area contributed by atoms with Gasteiger partial charge in [0.15, 0.2) is 0 Å². The quantitative estimate of drug-likeness (QED) is 0.435. The Kier molecular flexibility index (Phi) is 3.19. The largest absolute Gasteiger partial charge is 0.396 e. The summed E-state index contributed by atoms with van der Waals surface area (Å²) in [6, 6.07) is 1.47. The van der Waals surface area contributed by atoms with Crippen LogP contribution >= 0.6 is 0 Å². The van der Waals surface area contributed by atoms with Crippen LogP contribution in [0.4, 0.5) is 5.82 Å². The normalized spacial score (nSPS) is 26.8. The number of anilines is 1. The number of azide groups is 1. The predicted molar refractivity (Wildman–Crippen MR) is 61.5 cm³/mol. The van der Waals surface area contributed by atoms with Crippen LogP contribution in [0.5, 0.6) is 0 Å². The second-order valence-corrected chi connectivity index (χ2v) is 4.08. The molecule has 18 heavy (non-hydrogen) atoms. The van der Waals surface area contributed by atoms with Crippen molar-refractivity contribution < 1.29 is 9.84 Å². The van der Waals surface area contributed by atoms with Gasteiger partial charge < -0.3 is 15.6 Å². The van der Waals surface area contributed by atoms with Crippen molar-refractivity contribution in [2.24, 2.45) is 5.11 Å². The molecule has 0 amide bonds. The van der Waals surface area contributed by atoms with Gasteiger partial charge in [0.1, 0.15) is 12.0 Å². The summed E-state index contributed by atoms with van der Waals surface area (Å²) in [4.78, 5) is 17.9. The summed E-state index contributed by atoms with van der Waals surface area (Å²) in [6.07, 6.45) is 1.04. The van der Waals surface area contributed by atoms with Gasteiger partial charge in [0, 0.05) is 17.5 Å². The number of aliphatic hydroxyl groups is 1. The topological polar surface area (TPSA) is 139 Å². The number of aromatic nitrogens is 2. The number of nitrogen functional groups attached to an aromatic ring is 1. The van der Waals surface area contributed by atoms with Gasteiger partial charge in [0.25, 0.3) is 0 Å². The van der Waals surface area contributed by atoms with Crippen molar-refractivity contribution in [2.45, 2.75) is 18.2 Å². The lowest BCUT2D eigenvalue weighted by atomic mass is 10.0. The molecule has 2 heterocycles. The van der Waals surface area contributed by atoms with Gasteiger partial charge in [0.05, 0.1) is 18.8 Å². The average molecular weight is 252 g/mol. The maximum absolute atomic E-state index is 11.6. The monoisotopic (exact) mass is 252 g/mol. The molecule has 1 fully saturated rings. The van der Waals surface area contributed by atoms with Crippen molar-refractivity contribution in [1.82, 2.24) is 9.55 Å². The van der Waals surface area contributed by atoms with Crippen LogP contribution in [0, 0.1) is 0 Å². The Bertz CT molecular complexity index is 551. The molecule has 0 aromatic carbocycles. The Morgan fingerprint density at radius 1 is 1.83 bits per heavy atom. The Morgan fingerprint density at radius 3 is 3.22 bits per heavy atom. The summed E-state index contributed by atoms with van der Waals surface area (Å²) in [5.74, 6) is 0.123. The van der Waals surface area contributed by atoms with Gasteiger partial charge in [-0.15, -0.1) is 0 Å². The first-order valence-electron chi connectivity index (χ1n) is 5.24. The second kappa shape index (κ2) is 4.65. The number of hydrogen-bond acceptors (Lipinski definition) is 6. The number of nitrogens with zero attached hydrogens (tertiary/aromatic N) is 5. The third kappa shape index (κ3) is 2.14. The van der Waals surface area contributed by atoms with Crippen LogP contribution in [0.25, 0.3) is 10.4 Å². The minimum atomic E-state index is -1.03. The molecular formula is C9H12N6O3. The smallest absolute Gasteiger partial charge is 0.351 e. The van der Waals surface area contributed by atoms with E-state index in [0.29, 0.717) is 0 Å². The Labute approximate surface area is 101 Å². The van der Waals surface area contributed by atoms with Crippen molar-refractivity contribution in [2.75, 3.05) is 18.9 Å². The summed E-state index contributed by atoms with van der Waals surface area (Å²) < 4.78 is 6.63. The Morgan fingerprint density at radius 2 is 2.61 bits per heavy atom. The molecule has 0 spiro atoms. The van der Waals surface area contributed by atoms with Crippen molar-refractivity contribution in [3.05, 3.63) is 33.2 Å². The van der Waals surface area contributed by atoms with Gasteiger partial charge >= 0.3 is 5.69 Å². The first-order valence-corrected chi connectivity index (χ1v) is 5.24. The fourth-order valence-electron chi connectivity index (χ4n) is 1.82. The van der Waals surface area contributed by atoms with Gasteiger partial charge in [0.2, 0.25) is 0 Å². The van der Waals surface area contributed by atoms with Gasteiger partial charge in [-0.25, -0.2) is 4.79 Å². The van der Waals surface area contributed by atoms with Crippen LogP contribution in [-0.2, 0) is 4.74 Å². The third-order valence-electron chi connectivity index (χ3n) is 2.81. The lowest BCUT2D eigenvalue weighted by Crippen LogP contribution is -2.32. The molecule has 9 nitrogen and oxygen atoms in total. The molecule has 2 atom stereocenters. The zero-order valence-electron chi connectivity index (χ0n) is 9.43. The van der Waals surface area contributed by atoms with E-state index in [0.717, 1.165) is 0 Å². The molecule has 0 radical (unpaired) electrons. The highest BCUT2D eigenvalue weighted by Crippen LogP contribution is 2.33. The third-order valence-corrected chi connectivity index (χ3v) is 2.81. The van der Waals surface area contributed by atoms with Gasteiger partial charge in [-0.05, 0) is 11.6 Å². The summed E-state index contributed by atoms with van der Waals surface area (Å²) in [6.45, 7) is -0.292. The molecular weight excluding hydrogens is 240 g/mol. The van der Waals surface area contributed by atoms with Gasteiger partial charge in [-0.1, -0.05) is 5.11 Å². The van der Waals surface area contributed by atoms with Crippen molar-refractivity contribution in [1.29, 1.82) is 0 Å². The molecule has 96 valence electrons. The van der Waals surface area contributed by atoms with Crippen LogP contribution in [0.2, 0.25) is 0 Å². The highest BCUT2D eigenvalue weighted by molar-refractivity contribution is 5.23. The van der Waals surface area contributed by atoms with Gasteiger partial charge in [-0.3, -0.25) is 4.57 Å². The lowest BCUT2D eigenvalue weighted by Gasteiger charge is -2.17. The van der Waals surface area contributed by atoms with E-state index in [2.05, 4.69) is 15.0 Å². The minimum Gasteiger partial charge on any atom is -0.396 e. The van der Waals surface area contributed by atoms with Crippen molar-refractivity contribution in [3.8, 4) is 0 Å². The molecule has 1 aliphatic heterocycles. The maximum Gasteiger partial charge on any atom is 0.351 e. The standard InChI is InChI=1S/C9H12N6O3/c10-6-1-2-15(8(17)12-6)7-3-9(4-16,5-18-7)13-14-11/h1-2,7,16H,3-5H2,(H2,10,12,17)/t7-,9-/m0/s1. The van der Waals surface area contributed by atoms with E-state index in [9.17, 15) is 9.90 Å². The van der Waals surface area contributed by atoms with Crippen LogP contribution in [0.15, 0.2) is 22.2 Å². The summed E-state index contributed by atoms with van der Waals surface area (Å²) in [7, 11) is 0. The van der Waals surface area contributed by atoms with E-state index in [4.69, 9.17) is 16.0 Å². The first-order chi connectivity index (χ1) is 8.60. The van der Waals surface area contributed by atoms with E-state index in [1.807, 2.05) is 0 Å². The molecule has 1 saturated heterocycles. The zero-order chi connectivity index (χ0) is 13.2. The zero-order valence-corrected chi connectivity index (χ0v) is 9.43. The van der Waals surface area contributed by atoms with E-state index >= 15 is 0 Å². The average Bonchev–Trinajstić information content (AvgIpc) is 2.74. The molecule has 0 saturated carbocycles. The second-order valence-electron chi connectivity index (χ2n) is 4.08. The molecule has 0 bridgehead atoms. The molecule has 2 rings (SSSR count). The minimum absolute atomic E-state index is 0.0506. The molecule has 1 aliphatic rings. The SMILES string of the molecule is [N-]=[N+]=N[C@@]1(CO)CO[C@H](n2ccc(N)nc2=O)C1. The first kappa shape index (κ1) is 12.4. The highest BCUT2D eigenvalue weighted by atomic mass is 16.5. The number of aliphatic hydroxyl groups excluding tert-OH is 1. The van der Waals surface area contributed by atoms with Crippen LogP contribution < -0.4 is 11.4 Å². The van der Waals surface area contributed by atoms with Gasteiger partial charge in [-0.2, -0.15) is 4.98 Å². The molecule has 0 unspecified atom stereocenters. The summed E-state index contributed by atoms with van der Waals surface area (Å²) in [5.41, 5.74) is 12.3. The van der Waals surface area contributed by atoms with E-state index in [1.54, 1.807) is 0 Å². The summed E-state index contributed by atoms with van der Waals surface area (Å²) in [5, 5.41) is 12.8. The lowest BCUT2D eigenvalue weighted by molar-refractivity contribution is 0.0473. The van der Waals surface area contributed by atoms with Crippen LogP contribution in [-0.4, -0.2) is 33.4 Å². The van der Waals surface area contributed by atoms with Crippen molar-refractivity contribution in [3.63, 3.8) is 0 Å². The van der Waals surface area contributed by atoms with Crippen molar-refractivity contribution >= 4 is 5.82 Å². The number of hydrogen-bond donors (Lipinski definition) is 2. The van der Waals surface area contributed by atoms with Crippen LogP contribution in [0.3, 0.4) is 0 Å². The molecule has 3 N–H and O–H groups in total. The fourth-order valence-corrected chi connectivity index (χ4v) is 1.82. The van der Waals surface area contributed by atoms with Crippen LogP contribution in [0.1, 0.15) is 12.6 Å². The molecule has 1 aromatic heterocycles. The summed E-state index contributed by atoms with van der Waals surface area (Å²) >= 11 is 0. The van der Waals surface area contributed by atoms with E-state index < -0.39 is 17.5 Å².